The number of aliphatic carboxylic acids is 1. The third kappa shape index (κ3) is 8.07. The van der Waals surface area contributed by atoms with Gasteiger partial charge in [0.1, 0.15) is 12.4 Å². The van der Waals surface area contributed by atoms with E-state index in [0.717, 1.165) is 77.0 Å². The summed E-state index contributed by atoms with van der Waals surface area (Å²) in [7, 11) is 0. The molecule has 0 saturated carbocycles. The fourth-order valence-corrected chi connectivity index (χ4v) is 6.19. The van der Waals surface area contributed by atoms with Gasteiger partial charge in [-0.2, -0.15) is 0 Å². The first-order valence-electron chi connectivity index (χ1n) is 14.2. The average molecular weight is 521 g/mol. The highest BCUT2D eigenvalue weighted by Crippen LogP contribution is 2.39. The van der Waals surface area contributed by atoms with Crippen molar-refractivity contribution in [2.45, 2.75) is 71.8 Å². The number of nitrogens with zero attached hydrogens (tertiary/aromatic N) is 2. The van der Waals surface area contributed by atoms with Crippen LogP contribution in [0.2, 0.25) is 0 Å². The Morgan fingerprint density at radius 2 is 1.63 bits per heavy atom. The average Bonchev–Trinajstić information content (AvgIpc) is 2.86. The van der Waals surface area contributed by atoms with Crippen molar-refractivity contribution in [3.05, 3.63) is 65.7 Å². The molecule has 0 aromatic heterocycles. The molecule has 38 heavy (non-hydrogen) atoms. The third-order valence-electron chi connectivity index (χ3n) is 8.29. The standard InChI is InChI=1S/C32H44N2O4/c1-31(2,23-30(36)37)22-29(35)34-18-16-32(17-19-34)15-9-8-13-27-12-6-7-14-28(27)38-21-20-33(25-32)24-26-10-4-3-5-11-26/h3-7,10-12,14H,8-9,13,15-25H2,1-2H3,(H,36,37). The number of ether oxygens (including phenoxy) is 1. The third-order valence-corrected chi connectivity index (χ3v) is 8.29. The van der Waals surface area contributed by atoms with E-state index in [2.05, 4.69) is 59.5 Å². The van der Waals surface area contributed by atoms with Crippen molar-refractivity contribution in [3.8, 4) is 5.75 Å². The van der Waals surface area contributed by atoms with Crippen molar-refractivity contribution in [2.75, 3.05) is 32.8 Å². The lowest BCUT2D eigenvalue weighted by atomic mass is 9.73. The SMILES string of the molecule is CC(C)(CC(=O)O)CC(=O)N1CCC2(CCCCc3ccccc3OCCN(Cc3ccccc3)C2)CC1. The predicted octanol–water partition coefficient (Wildman–Crippen LogP) is 5.79. The molecule has 2 aromatic carbocycles. The van der Waals surface area contributed by atoms with Crippen molar-refractivity contribution in [1.82, 2.24) is 9.80 Å². The number of likely N-dealkylation sites (tertiary alicyclic amines) is 1. The number of piperidine rings is 1. The molecule has 0 atom stereocenters. The maximum atomic E-state index is 13.1. The fraction of sp³-hybridized carbons (Fsp3) is 0.562. The number of carbonyl (C=O) groups is 2. The number of amides is 1. The van der Waals surface area contributed by atoms with Gasteiger partial charge in [-0.15, -0.1) is 0 Å². The Labute approximate surface area is 228 Å². The van der Waals surface area contributed by atoms with Crippen LogP contribution in [0.1, 0.15) is 69.9 Å². The van der Waals surface area contributed by atoms with Gasteiger partial charge >= 0.3 is 5.97 Å². The van der Waals surface area contributed by atoms with Crippen LogP contribution in [-0.4, -0.2) is 59.6 Å². The minimum atomic E-state index is -0.848. The Morgan fingerprint density at radius 3 is 2.37 bits per heavy atom. The summed E-state index contributed by atoms with van der Waals surface area (Å²) in [4.78, 5) is 28.9. The number of fused-ring (bicyclic) bond motifs is 1. The maximum Gasteiger partial charge on any atom is 0.303 e. The molecular formula is C32H44N2O4. The molecule has 0 unspecified atom stereocenters. The van der Waals surface area contributed by atoms with E-state index in [-0.39, 0.29) is 24.2 Å². The first kappa shape index (κ1) is 28.2. The van der Waals surface area contributed by atoms with E-state index in [1.807, 2.05) is 18.7 Å². The summed E-state index contributed by atoms with van der Waals surface area (Å²) < 4.78 is 6.29. The van der Waals surface area contributed by atoms with Gasteiger partial charge in [0.05, 0.1) is 6.42 Å². The number of carboxylic acids is 1. The summed E-state index contributed by atoms with van der Waals surface area (Å²) in [5.41, 5.74) is 2.24. The number of carboxylic acid groups (broad SMARTS) is 1. The summed E-state index contributed by atoms with van der Waals surface area (Å²) in [6, 6.07) is 19.1. The Bertz CT molecular complexity index is 1060. The van der Waals surface area contributed by atoms with Crippen LogP contribution in [0.5, 0.6) is 5.75 Å². The number of hydrogen-bond donors (Lipinski definition) is 1. The Hall–Kier alpha value is -2.86. The lowest BCUT2D eigenvalue weighted by Crippen LogP contribution is -2.49. The molecule has 1 fully saturated rings. The van der Waals surface area contributed by atoms with Crippen LogP contribution in [-0.2, 0) is 22.6 Å². The summed E-state index contributed by atoms with van der Waals surface area (Å²) in [6.45, 7) is 8.65. The van der Waals surface area contributed by atoms with E-state index >= 15 is 0 Å². The lowest BCUT2D eigenvalue weighted by molar-refractivity contribution is -0.141. The molecule has 6 heteroatoms. The van der Waals surface area contributed by atoms with Gasteiger partial charge in [0.2, 0.25) is 5.91 Å². The largest absolute Gasteiger partial charge is 0.492 e. The lowest BCUT2D eigenvalue weighted by Gasteiger charge is -2.45. The van der Waals surface area contributed by atoms with E-state index in [0.29, 0.717) is 6.61 Å². The second kappa shape index (κ2) is 12.8. The molecule has 2 aromatic rings. The van der Waals surface area contributed by atoms with Crippen molar-refractivity contribution in [2.24, 2.45) is 10.8 Å². The van der Waals surface area contributed by atoms with Gasteiger partial charge in [-0.3, -0.25) is 14.5 Å². The minimum Gasteiger partial charge on any atom is -0.492 e. The molecule has 0 aliphatic carbocycles. The number of benzene rings is 2. The molecule has 206 valence electrons. The first-order valence-corrected chi connectivity index (χ1v) is 14.2. The molecule has 1 spiro atoms. The molecule has 1 amide bonds. The Kier molecular flexibility index (Phi) is 9.48. The molecule has 1 N–H and O–H groups in total. The zero-order chi connectivity index (χ0) is 27.0. The number of aryl methyl sites for hydroxylation is 1. The topological polar surface area (TPSA) is 70.1 Å². The molecule has 2 aliphatic rings. The molecule has 2 heterocycles. The second-order valence-electron chi connectivity index (χ2n) is 12.2. The molecule has 6 nitrogen and oxygen atoms in total. The molecule has 1 saturated heterocycles. The predicted molar refractivity (Wildman–Crippen MR) is 150 cm³/mol. The summed E-state index contributed by atoms with van der Waals surface area (Å²) in [5.74, 6) is 0.254. The van der Waals surface area contributed by atoms with Gasteiger partial charge in [-0.1, -0.05) is 68.8 Å². The summed E-state index contributed by atoms with van der Waals surface area (Å²) in [6.07, 6.45) is 6.75. The molecular weight excluding hydrogens is 476 g/mol. The fourth-order valence-electron chi connectivity index (χ4n) is 6.19. The molecule has 4 rings (SSSR count). The van der Waals surface area contributed by atoms with E-state index in [1.54, 1.807) is 0 Å². The summed E-state index contributed by atoms with van der Waals surface area (Å²) in [5, 5.41) is 9.21. The van der Waals surface area contributed by atoms with E-state index in [1.165, 1.54) is 11.1 Å². The van der Waals surface area contributed by atoms with Crippen molar-refractivity contribution < 1.29 is 19.4 Å². The zero-order valence-corrected chi connectivity index (χ0v) is 23.2. The molecule has 0 bridgehead atoms. The van der Waals surface area contributed by atoms with E-state index in [9.17, 15) is 14.7 Å². The molecule has 0 radical (unpaired) electrons. The van der Waals surface area contributed by atoms with Crippen molar-refractivity contribution in [1.29, 1.82) is 0 Å². The quantitative estimate of drug-likeness (QED) is 0.522. The zero-order valence-electron chi connectivity index (χ0n) is 23.2. The number of rotatable bonds is 6. The van der Waals surface area contributed by atoms with Crippen molar-refractivity contribution >= 4 is 11.9 Å². The van der Waals surface area contributed by atoms with Gasteiger partial charge in [0.15, 0.2) is 0 Å². The highest BCUT2D eigenvalue weighted by molar-refractivity contribution is 5.78. The normalized spacial score (nSPS) is 19.1. The van der Waals surface area contributed by atoms with Crippen LogP contribution in [0.15, 0.2) is 54.6 Å². The van der Waals surface area contributed by atoms with Gasteiger partial charge in [0, 0.05) is 39.1 Å². The van der Waals surface area contributed by atoms with Crippen LogP contribution in [0.3, 0.4) is 0 Å². The monoisotopic (exact) mass is 520 g/mol. The van der Waals surface area contributed by atoms with Crippen LogP contribution < -0.4 is 4.74 Å². The van der Waals surface area contributed by atoms with E-state index in [4.69, 9.17) is 4.74 Å². The highest BCUT2D eigenvalue weighted by atomic mass is 16.5. The van der Waals surface area contributed by atoms with Crippen molar-refractivity contribution in [3.63, 3.8) is 0 Å². The van der Waals surface area contributed by atoms with Crippen LogP contribution in [0.4, 0.5) is 0 Å². The minimum absolute atomic E-state index is 0.0101. The van der Waals surface area contributed by atoms with Gasteiger partial charge < -0.3 is 14.7 Å². The Morgan fingerprint density at radius 1 is 0.921 bits per heavy atom. The number of hydrogen-bond acceptors (Lipinski definition) is 4. The van der Waals surface area contributed by atoms with Crippen LogP contribution in [0.25, 0.3) is 0 Å². The maximum absolute atomic E-state index is 13.1. The second-order valence-corrected chi connectivity index (χ2v) is 12.2. The number of carbonyl (C=O) groups excluding carboxylic acids is 1. The van der Waals surface area contributed by atoms with Gasteiger partial charge in [-0.05, 0) is 60.1 Å². The van der Waals surface area contributed by atoms with Gasteiger partial charge in [0.25, 0.3) is 0 Å². The smallest absolute Gasteiger partial charge is 0.303 e. The molecule has 2 aliphatic heterocycles. The Balaban J connectivity index is 1.46. The first-order chi connectivity index (χ1) is 18.2. The van der Waals surface area contributed by atoms with E-state index < -0.39 is 11.4 Å². The highest BCUT2D eigenvalue weighted by Gasteiger charge is 2.38. The van der Waals surface area contributed by atoms with Crippen LogP contribution in [0, 0.1) is 10.8 Å². The van der Waals surface area contributed by atoms with Crippen LogP contribution >= 0.6 is 0 Å². The number of para-hydroxylation sites is 1. The summed E-state index contributed by atoms with van der Waals surface area (Å²) >= 11 is 0. The van der Waals surface area contributed by atoms with Gasteiger partial charge in [-0.25, -0.2) is 0 Å².